The lowest BCUT2D eigenvalue weighted by atomic mass is 10.2. The highest BCUT2D eigenvalue weighted by molar-refractivity contribution is 5.77. The standard InChI is InChI=1S/C18H25NO6/c1-2-3-4-5-8-13-24-17(20)11-12-18(21)25-14-15-9-6-7-10-16(15)19(22)23/h6-7,9-10H,2-5,8,11-14H2,1H3. The number of nitro groups is 1. The molecule has 0 amide bonds. The number of rotatable bonds is 12. The highest BCUT2D eigenvalue weighted by Crippen LogP contribution is 2.18. The predicted molar refractivity (Wildman–Crippen MR) is 91.8 cm³/mol. The van der Waals surface area contributed by atoms with E-state index in [1.54, 1.807) is 12.1 Å². The molecule has 1 aromatic rings. The average molecular weight is 351 g/mol. The number of carbonyl (C=O) groups is 2. The van der Waals surface area contributed by atoms with Gasteiger partial charge in [-0.25, -0.2) is 0 Å². The molecule has 25 heavy (non-hydrogen) atoms. The fourth-order valence-electron chi connectivity index (χ4n) is 2.21. The quantitative estimate of drug-likeness (QED) is 0.245. The molecule has 0 saturated carbocycles. The van der Waals surface area contributed by atoms with Crippen molar-refractivity contribution < 1.29 is 24.0 Å². The molecular weight excluding hydrogens is 326 g/mol. The number of esters is 2. The second-order valence-corrected chi connectivity index (χ2v) is 5.68. The van der Waals surface area contributed by atoms with Gasteiger partial charge in [-0.05, 0) is 12.5 Å². The van der Waals surface area contributed by atoms with Crippen molar-refractivity contribution in [3.8, 4) is 0 Å². The summed E-state index contributed by atoms with van der Waals surface area (Å²) < 4.78 is 10.0. The van der Waals surface area contributed by atoms with Gasteiger partial charge in [0.1, 0.15) is 6.61 Å². The van der Waals surface area contributed by atoms with Gasteiger partial charge >= 0.3 is 11.9 Å². The van der Waals surface area contributed by atoms with E-state index in [0.29, 0.717) is 12.2 Å². The fourth-order valence-corrected chi connectivity index (χ4v) is 2.21. The summed E-state index contributed by atoms with van der Waals surface area (Å²) in [5.41, 5.74) is 0.216. The number of hydrogen-bond acceptors (Lipinski definition) is 6. The van der Waals surface area contributed by atoms with E-state index in [9.17, 15) is 19.7 Å². The summed E-state index contributed by atoms with van der Waals surface area (Å²) in [5.74, 6) is -1.02. The van der Waals surface area contributed by atoms with E-state index in [0.717, 1.165) is 25.7 Å². The maximum atomic E-state index is 11.7. The van der Waals surface area contributed by atoms with Crippen LogP contribution >= 0.6 is 0 Å². The second-order valence-electron chi connectivity index (χ2n) is 5.68. The molecule has 0 atom stereocenters. The highest BCUT2D eigenvalue weighted by atomic mass is 16.6. The van der Waals surface area contributed by atoms with Crippen LogP contribution in [0.3, 0.4) is 0 Å². The molecule has 0 aliphatic carbocycles. The van der Waals surface area contributed by atoms with Crippen LogP contribution in [0.15, 0.2) is 24.3 Å². The first-order chi connectivity index (χ1) is 12.0. The van der Waals surface area contributed by atoms with Crippen LogP contribution in [0, 0.1) is 10.1 Å². The Morgan fingerprint density at radius 2 is 1.64 bits per heavy atom. The van der Waals surface area contributed by atoms with Crippen LogP contribution in [-0.2, 0) is 25.7 Å². The number of nitro benzene ring substituents is 1. The first-order valence-corrected chi connectivity index (χ1v) is 8.58. The second kappa shape index (κ2) is 12.0. The lowest BCUT2D eigenvalue weighted by molar-refractivity contribution is -0.385. The van der Waals surface area contributed by atoms with Gasteiger partial charge in [-0.1, -0.05) is 44.7 Å². The lowest BCUT2D eigenvalue weighted by Crippen LogP contribution is -2.11. The van der Waals surface area contributed by atoms with Crippen LogP contribution in [0.1, 0.15) is 57.4 Å². The summed E-state index contributed by atoms with van der Waals surface area (Å²) >= 11 is 0. The molecule has 0 bridgehead atoms. The topological polar surface area (TPSA) is 95.7 Å². The fraction of sp³-hybridized carbons (Fsp3) is 0.556. The third-order valence-corrected chi connectivity index (χ3v) is 3.62. The van der Waals surface area contributed by atoms with Gasteiger partial charge in [-0.15, -0.1) is 0 Å². The molecule has 0 aliphatic heterocycles. The number of ether oxygens (including phenoxy) is 2. The summed E-state index contributed by atoms with van der Waals surface area (Å²) in [4.78, 5) is 33.5. The zero-order valence-electron chi connectivity index (χ0n) is 14.6. The van der Waals surface area contributed by atoms with Crippen molar-refractivity contribution in [3.05, 3.63) is 39.9 Å². The lowest BCUT2D eigenvalue weighted by Gasteiger charge is -2.06. The Balaban J connectivity index is 2.20. The van der Waals surface area contributed by atoms with Crippen LogP contribution in [0.2, 0.25) is 0 Å². The minimum atomic E-state index is -0.585. The van der Waals surface area contributed by atoms with E-state index < -0.39 is 16.9 Å². The van der Waals surface area contributed by atoms with Crippen molar-refractivity contribution in [2.75, 3.05) is 6.61 Å². The number of benzene rings is 1. The Kier molecular flexibility index (Phi) is 9.89. The molecule has 0 heterocycles. The third kappa shape index (κ3) is 8.83. The first-order valence-electron chi connectivity index (χ1n) is 8.58. The molecule has 7 heteroatoms. The molecule has 138 valence electrons. The largest absolute Gasteiger partial charge is 0.466 e. The van der Waals surface area contributed by atoms with Gasteiger partial charge in [0, 0.05) is 6.07 Å². The summed E-state index contributed by atoms with van der Waals surface area (Å²) in [5, 5.41) is 10.9. The van der Waals surface area contributed by atoms with Crippen LogP contribution in [0.4, 0.5) is 5.69 Å². The number of para-hydroxylation sites is 1. The Morgan fingerprint density at radius 1 is 1.00 bits per heavy atom. The normalized spacial score (nSPS) is 10.3. The van der Waals surface area contributed by atoms with Crippen molar-refractivity contribution in [2.45, 2.75) is 58.5 Å². The van der Waals surface area contributed by atoms with Crippen LogP contribution in [0.5, 0.6) is 0 Å². The van der Waals surface area contributed by atoms with Gasteiger partial charge in [-0.3, -0.25) is 19.7 Å². The number of hydrogen-bond donors (Lipinski definition) is 0. The molecule has 0 aromatic heterocycles. The molecule has 0 fully saturated rings. The van der Waals surface area contributed by atoms with Gasteiger partial charge < -0.3 is 9.47 Å². The molecular formula is C18H25NO6. The number of carbonyl (C=O) groups excluding carboxylic acids is 2. The molecule has 7 nitrogen and oxygen atoms in total. The van der Waals surface area contributed by atoms with Gasteiger partial charge in [0.05, 0.1) is 29.9 Å². The minimum absolute atomic E-state index is 0.0509. The molecule has 0 radical (unpaired) electrons. The zero-order valence-corrected chi connectivity index (χ0v) is 14.6. The van der Waals surface area contributed by atoms with Gasteiger partial charge in [-0.2, -0.15) is 0 Å². The maximum absolute atomic E-state index is 11.7. The monoisotopic (exact) mass is 351 g/mol. The van der Waals surface area contributed by atoms with Gasteiger partial charge in [0.2, 0.25) is 0 Å². The van der Waals surface area contributed by atoms with Crippen molar-refractivity contribution in [2.24, 2.45) is 0 Å². The Morgan fingerprint density at radius 3 is 2.32 bits per heavy atom. The highest BCUT2D eigenvalue weighted by Gasteiger charge is 2.15. The summed E-state index contributed by atoms with van der Waals surface area (Å²) in [6.45, 7) is 2.31. The number of nitrogens with zero attached hydrogens (tertiary/aromatic N) is 1. The molecule has 1 aromatic carbocycles. The van der Waals surface area contributed by atoms with Crippen molar-refractivity contribution in [1.82, 2.24) is 0 Å². The van der Waals surface area contributed by atoms with Gasteiger partial charge in [0.25, 0.3) is 5.69 Å². The maximum Gasteiger partial charge on any atom is 0.306 e. The summed E-state index contributed by atoms with van der Waals surface area (Å²) in [6.07, 6.45) is 5.17. The molecule has 0 spiro atoms. The van der Waals surface area contributed by atoms with Crippen LogP contribution < -0.4 is 0 Å². The molecule has 0 saturated heterocycles. The Bertz CT molecular complexity index is 572. The van der Waals surface area contributed by atoms with E-state index >= 15 is 0 Å². The Labute approximate surface area is 147 Å². The number of unbranched alkanes of at least 4 members (excludes halogenated alkanes) is 4. The first kappa shape index (κ1) is 20.6. The van der Waals surface area contributed by atoms with Gasteiger partial charge in [0.15, 0.2) is 0 Å². The van der Waals surface area contributed by atoms with Crippen molar-refractivity contribution in [1.29, 1.82) is 0 Å². The third-order valence-electron chi connectivity index (χ3n) is 3.62. The van der Waals surface area contributed by atoms with Crippen molar-refractivity contribution in [3.63, 3.8) is 0 Å². The van der Waals surface area contributed by atoms with E-state index in [2.05, 4.69) is 6.92 Å². The Hall–Kier alpha value is -2.44. The van der Waals surface area contributed by atoms with E-state index in [-0.39, 0.29) is 25.1 Å². The molecule has 0 unspecified atom stereocenters. The van der Waals surface area contributed by atoms with Crippen molar-refractivity contribution >= 4 is 17.6 Å². The average Bonchev–Trinajstić information content (AvgIpc) is 2.61. The van der Waals surface area contributed by atoms with Crippen LogP contribution in [0.25, 0.3) is 0 Å². The zero-order chi connectivity index (χ0) is 18.5. The molecule has 0 aliphatic rings. The van der Waals surface area contributed by atoms with E-state index in [1.165, 1.54) is 18.6 Å². The summed E-state index contributed by atoms with van der Waals surface area (Å²) in [7, 11) is 0. The van der Waals surface area contributed by atoms with Crippen LogP contribution in [-0.4, -0.2) is 23.5 Å². The smallest absolute Gasteiger partial charge is 0.306 e. The van der Waals surface area contributed by atoms with E-state index in [4.69, 9.17) is 9.47 Å². The minimum Gasteiger partial charge on any atom is -0.466 e. The summed E-state index contributed by atoms with van der Waals surface area (Å²) in [6, 6.07) is 6.05. The SMILES string of the molecule is CCCCCCCOC(=O)CCC(=O)OCc1ccccc1[N+](=O)[O-]. The van der Waals surface area contributed by atoms with E-state index in [1.807, 2.05) is 0 Å². The predicted octanol–water partition coefficient (Wildman–Crippen LogP) is 3.93. The molecule has 1 rings (SSSR count). The molecule has 0 N–H and O–H groups in total.